The lowest BCUT2D eigenvalue weighted by atomic mass is 10.2. The fourth-order valence-electron chi connectivity index (χ4n) is 2.80. The molecule has 0 aliphatic carbocycles. The Bertz CT molecular complexity index is 986. The highest BCUT2D eigenvalue weighted by Gasteiger charge is 2.38. The maximum Gasteiger partial charge on any atom is 0.242 e. The average molecular weight is 414 g/mol. The van der Waals surface area contributed by atoms with Crippen LogP contribution in [0.15, 0.2) is 54.6 Å². The number of amides is 2. The normalized spacial score (nSPS) is 16.9. The summed E-state index contributed by atoms with van der Waals surface area (Å²) in [6, 6.07) is 17.4. The van der Waals surface area contributed by atoms with Gasteiger partial charge in [-0.1, -0.05) is 77.8 Å². The van der Waals surface area contributed by atoms with Crippen LogP contribution in [0, 0.1) is 0 Å². The Morgan fingerprint density at radius 2 is 1.89 bits per heavy atom. The summed E-state index contributed by atoms with van der Waals surface area (Å²) in [7, 11) is 0. The maximum absolute atomic E-state index is 12.7. The number of aromatic nitrogens is 1. The van der Waals surface area contributed by atoms with E-state index in [2.05, 4.69) is 10.3 Å². The summed E-state index contributed by atoms with van der Waals surface area (Å²) < 4.78 is 1.52. The van der Waals surface area contributed by atoms with E-state index in [4.69, 9.17) is 12.2 Å². The first-order valence-corrected chi connectivity index (χ1v) is 10.4. The number of hydrogen-bond donors (Lipinski definition) is 1. The minimum absolute atomic E-state index is 0.0743. The summed E-state index contributed by atoms with van der Waals surface area (Å²) in [6.07, 6.45) is 0.0743. The van der Waals surface area contributed by atoms with Crippen LogP contribution in [0.5, 0.6) is 0 Å². The molecule has 2 aromatic carbocycles. The first kappa shape index (κ1) is 18.1. The van der Waals surface area contributed by atoms with Gasteiger partial charge in [-0.05, 0) is 17.7 Å². The molecule has 8 heteroatoms. The highest BCUT2D eigenvalue weighted by Crippen LogP contribution is 2.32. The molecule has 0 radical (unpaired) electrons. The number of carbonyl (C=O) groups excluding carboxylic acids is 2. The van der Waals surface area contributed by atoms with Crippen molar-refractivity contribution in [2.24, 2.45) is 0 Å². The van der Waals surface area contributed by atoms with E-state index < -0.39 is 5.25 Å². The lowest BCUT2D eigenvalue weighted by Gasteiger charge is -2.15. The number of nitrogens with one attached hydrogen (secondary N) is 1. The molecule has 0 spiro atoms. The van der Waals surface area contributed by atoms with Crippen LogP contribution in [0.3, 0.4) is 0 Å². The smallest absolute Gasteiger partial charge is 0.242 e. The predicted octanol–water partition coefficient (Wildman–Crippen LogP) is 4.05. The van der Waals surface area contributed by atoms with Crippen molar-refractivity contribution >= 4 is 66.8 Å². The van der Waals surface area contributed by atoms with Crippen LogP contribution in [-0.4, -0.2) is 31.3 Å². The van der Waals surface area contributed by atoms with E-state index in [1.807, 2.05) is 54.6 Å². The van der Waals surface area contributed by atoms with Gasteiger partial charge in [-0.15, -0.1) is 0 Å². The molecule has 136 valence electrons. The number of para-hydroxylation sites is 1. The largest absolute Gasteiger partial charge is 0.302 e. The van der Waals surface area contributed by atoms with Gasteiger partial charge in [-0.3, -0.25) is 14.5 Å². The zero-order valence-electron chi connectivity index (χ0n) is 14.1. The average Bonchev–Trinajstić information content (AvgIpc) is 3.18. The number of thiazole rings is 1. The predicted molar refractivity (Wildman–Crippen MR) is 114 cm³/mol. The Morgan fingerprint density at radius 3 is 2.67 bits per heavy atom. The van der Waals surface area contributed by atoms with E-state index in [0.717, 1.165) is 15.8 Å². The molecule has 1 aromatic heterocycles. The van der Waals surface area contributed by atoms with Gasteiger partial charge in [0.05, 0.1) is 22.0 Å². The van der Waals surface area contributed by atoms with Crippen molar-refractivity contribution in [3.05, 3.63) is 60.2 Å². The van der Waals surface area contributed by atoms with Crippen molar-refractivity contribution in [2.75, 3.05) is 5.32 Å². The number of thiocarbonyl (C=S) groups is 1. The Kier molecular flexibility index (Phi) is 5.20. The summed E-state index contributed by atoms with van der Waals surface area (Å²) in [5, 5.41) is 2.85. The third-order valence-electron chi connectivity index (χ3n) is 4.10. The number of anilines is 1. The van der Waals surface area contributed by atoms with E-state index in [1.165, 1.54) is 23.1 Å². The van der Waals surface area contributed by atoms with Crippen molar-refractivity contribution in [1.29, 1.82) is 0 Å². The number of thioether (sulfide) groups is 1. The Hall–Kier alpha value is -2.29. The molecule has 1 atom stereocenters. The molecule has 5 nitrogen and oxygen atoms in total. The quantitative estimate of drug-likeness (QED) is 0.639. The summed E-state index contributed by atoms with van der Waals surface area (Å²) >= 11 is 8.04. The number of hydrogen-bond acceptors (Lipinski definition) is 6. The van der Waals surface area contributed by atoms with Gasteiger partial charge in [0.25, 0.3) is 0 Å². The minimum Gasteiger partial charge on any atom is -0.302 e. The lowest BCUT2D eigenvalue weighted by Crippen LogP contribution is -2.32. The topological polar surface area (TPSA) is 62.3 Å². The lowest BCUT2D eigenvalue weighted by molar-refractivity contribution is -0.128. The van der Waals surface area contributed by atoms with Gasteiger partial charge in [0.2, 0.25) is 11.8 Å². The Labute approximate surface area is 169 Å². The summed E-state index contributed by atoms with van der Waals surface area (Å²) in [4.78, 5) is 31.0. The monoisotopic (exact) mass is 413 g/mol. The van der Waals surface area contributed by atoms with Crippen molar-refractivity contribution in [3.63, 3.8) is 0 Å². The summed E-state index contributed by atoms with van der Waals surface area (Å²) in [5.74, 6) is -0.349. The molecule has 4 rings (SSSR count). The van der Waals surface area contributed by atoms with E-state index in [0.29, 0.717) is 16.0 Å². The van der Waals surface area contributed by atoms with Gasteiger partial charge in [-0.25, -0.2) is 4.98 Å². The first-order valence-electron chi connectivity index (χ1n) is 8.31. The molecule has 1 aliphatic heterocycles. The molecule has 1 fully saturated rings. The molecule has 1 saturated heterocycles. The molecule has 1 aliphatic rings. The number of nitrogens with zero attached hydrogens (tertiary/aromatic N) is 2. The van der Waals surface area contributed by atoms with Crippen LogP contribution in [0.1, 0.15) is 12.0 Å². The third-order valence-corrected chi connectivity index (χ3v) is 6.64. The van der Waals surface area contributed by atoms with E-state index in [-0.39, 0.29) is 18.2 Å². The standard InChI is InChI=1S/C19H15N3O2S3/c23-16(21-18-20-13-8-4-5-9-14(13)26-18)10-15-17(24)22(19(25)27-15)11-12-6-2-1-3-7-12/h1-9,15H,10-11H2,(H,20,21,23)/t15-/m1/s1. The summed E-state index contributed by atoms with van der Waals surface area (Å²) in [6.45, 7) is 0.432. The molecule has 1 N–H and O–H groups in total. The van der Waals surface area contributed by atoms with Crippen LogP contribution in [0.4, 0.5) is 5.13 Å². The van der Waals surface area contributed by atoms with Crippen LogP contribution < -0.4 is 5.32 Å². The number of benzene rings is 2. The third kappa shape index (κ3) is 4.02. The van der Waals surface area contributed by atoms with Gasteiger partial charge in [0.1, 0.15) is 4.32 Å². The minimum atomic E-state index is -0.490. The van der Waals surface area contributed by atoms with Crippen molar-refractivity contribution in [1.82, 2.24) is 9.88 Å². The van der Waals surface area contributed by atoms with Crippen LogP contribution >= 0.6 is 35.3 Å². The second-order valence-electron chi connectivity index (χ2n) is 6.02. The zero-order chi connectivity index (χ0) is 18.8. The highest BCUT2D eigenvalue weighted by molar-refractivity contribution is 8.24. The van der Waals surface area contributed by atoms with Crippen LogP contribution in [0.25, 0.3) is 10.2 Å². The first-order chi connectivity index (χ1) is 13.1. The van der Waals surface area contributed by atoms with Crippen molar-refractivity contribution in [2.45, 2.75) is 18.2 Å². The SMILES string of the molecule is O=C(C[C@H]1SC(=S)N(Cc2ccccc2)C1=O)Nc1nc2ccccc2s1. The number of carbonyl (C=O) groups is 2. The van der Waals surface area contributed by atoms with E-state index in [1.54, 1.807) is 4.90 Å². The van der Waals surface area contributed by atoms with E-state index >= 15 is 0 Å². The van der Waals surface area contributed by atoms with Crippen LogP contribution in [0.2, 0.25) is 0 Å². The molecule has 0 unspecified atom stereocenters. The molecule has 3 aromatic rings. The van der Waals surface area contributed by atoms with Crippen molar-refractivity contribution < 1.29 is 9.59 Å². The van der Waals surface area contributed by atoms with Crippen molar-refractivity contribution in [3.8, 4) is 0 Å². The molecule has 0 saturated carbocycles. The summed E-state index contributed by atoms with van der Waals surface area (Å²) in [5.41, 5.74) is 1.85. The molecular weight excluding hydrogens is 398 g/mol. The number of fused-ring (bicyclic) bond motifs is 1. The second kappa shape index (κ2) is 7.75. The molecule has 2 amide bonds. The van der Waals surface area contributed by atoms with Gasteiger partial charge < -0.3 is 5.32 Å². The maximum atomic E-state index is 12.7. The zero-order valence-corrected chi connectivity index (χ0v) is 16.6. The van der Waals surface area contributed by atoms with Gasteiger partial charge in [0.15, 0.2) is 5.13 Å². The van der Waals surface area contributed by atoms with Crippen LogP contribution in [-0.2, 0) is 16.1 Å². The molecular formula is C19H15N3O2S3. The highest BCUT2D eigenvalue weighted by atomic mass is 32.2. The fourth-order valence-corrected chi connectivity index (χ4v) is 5.17. The molecule has 27 heavy (non-hydrogen) atoms. The second-order valence-corrected chi connectivity index (χ2v) is 8.89. The molecule has 0 bridgehead atoms. The van der Waals surface area contributed by atoms with Gasteiger partial charge in [-0.2, -0.15) is 0 Å². The van der Waals surface area contributed by atoms with Gasteiger partial charge >= 0.3 is 0 Å². The molecule has 2 heterocycles. The van der Waals surface area contributed by atoms with E-state index in [9.17, 15) is 9.59 Å². The Balaban J connectivity index is 1.39. The Morgan fingerprint density at radius 1 is 1.15 bits per heavy atom. The number of rotatable bonds is 5. The fraction of sp³-hybridized carbons (Fsp3) is 0.158. The van der Waals surface area contributed by atoms with Gasteiger partial charge in [0, 0.05) is 6.42 Å².